The molecular formula is C14H20ClN3O4. The first-order valence-electron chi connectivity index (χ1n) is 6.87. The lowest BCUT2D eigenvalue weighted by Crippen LogP contribution is -2.49. The number of rotatable bonds is 5. The second-order valence-electron chi connectivity index (χ2n) is 5.17. The third kappa shape index (κ3) is 3.94. The summed E-state index contributed by atoms with van der Waals surface area (Å²) in [5.41, 5.74) is 5.63. The smallest absolute Gasteiger partial charge is 0.274 e. The summed E-state index contributed by atoms with van der Waals surface area (Å²) in [6.07, 6.45) is 1.15. The summed E-state index contributed by atoms with van der Waals surface area (Å²) < 4.78 is 5.27. The molecule has 7 nitrogen and oxygen atoms in total. The molecule has 0 aromatic heterocycles. The molecule has 0 saturated carbocycles. The number of carbonyl (C=O) groups is 1. The highest BCUT2D eigenvalue weighted by atomic mass is 35.5. The number of nitro benzene ring substituents is 1. The van der Waals surface area contributed by atoms with Crippen molar-refractivity contribution >= 4 is 24.0 Å². The summed E-state index contributed by atoms with van der Waals surface area (Å²) in [7, 11) is 0. The molecule has 1 aromatic carbocycles. The lowest BCUT2D eigenvalue weighted by molar-refractivity contribution is -0.385. The number of nitro groups is 1. The maximum absolute atomic E-state index is 12.4. The fourth-order valence-corrected chi connectivity index (χ4v) is 2.49. The molecule has 0 unspecified atom stereocenters. The Bertz CT molecular complexity index is 533. The quantitative estimate of drug-likeness (QED) is 0.627. The summed E-state index contributed by atoms with van der Waals surface area (Å²) >= 11 is 0. The van der Waals surface area contributed by atoms with Gasteiger partial charge in [-0.15, -0.1) is 12.4 Å². The summed E-state index contributed by atoms with van der Waals surface area (Å²) in [6.45, 7) is 1.39. The van der Waals surface area contributed by atoms with Crippen LogP contribution in [0, 0.1) is 15.5 Å². The van der Waals surface area contributed by atoms with Gasteiger partial charge in [-0.3, -0.25) is 14.9 Å². The van der Waals surface area contributed by atoms with Gasteiger partial charge in [0.1, 0.15) is 0 Å². The Morgan fingerprint density at radius 3 is 2.59 bits per heavy atom. The van der Waals surface area contributed by atoms with Crippen LogP contribution in [-0.4, -0.2) is 30.6 Å². The molecule has 1 heterocycles. The number of para-hydroxylation sites is 1. The number of carbonyl (C=O) groups excluding carboxylic acids is 1. The van der Waals surface area contributed by atoms with Gasteiger partial charge in [0, 0.05) is 37.9 Å². The Labute approximate surface area is 134 Å². The molecule has 1 aromatic rings. The molecular weight excluding hydrogens is 310 g/mol. The Hall–Kier alpha value is -1.70. The van der Waals surface area contributed by atoms with Gasteiger partial charge in [0.2, 0.25) is 5.91 Å². The maximum Gasteiger partial charge on any atom is 0.274 e. The van der Waals surface area contributed by atoms with E-state index in [1.165, 1.54) is 6.07 Å². The van der Waals surface area contributed by atoms with Crippen LogP contribution in [-0.2, 0) is 16.1 Å². The van der Waals surface area contributed by atoms with E-state index in [-0.39, 0.29) is 37.1 Å². The van der Waals surface area contributed by atoms with E-state index < -0.39 is 10.3 Å². The molecule has 0 aliphatic carbocycles. The molecule has 3 N–H and O–H groups in total. The van der Waals surface area contributed by atoms with E-state index in [0.29, 0.717) is 31.6 Å². The van der Waals surface area contributed by atoms with Gasteiger partial charge in [0.15, 0.2) is 0 Å². The number of ether oxygens (including phenoxy) is 1. The van der Waals surface area contributed by atoms with Gasteiger partial charge in [-0.25, -0.2) is 0 Å². The fourth-order valence-electron chi connectivity index (χ4n) is 2.49. The Balaban J connectivity index is 0.00000242. The van der Waals surface area contributed by atoms with Gasteiger partial charge < -0.3 is 15.8 Å². The normalized spacial score (nSPS) is 16.4. The number of halogens is 1. The van der Waals surface area contributed by atoms with Gasteiger partial charge in [-0.05, 0) is 12.8 Å². The van der Waals surface area contributed by atoms with E-state index in [9.17, 15) is 14.9 Å². The molecule has 2 rings (SSSR count). The Kier molecular flexibility index (Phi) is 6.73. The first kappa shape index (κ1) is 18.3. The molecule has 1 aliphatic heterocycles. The molecule has 1 aliphatic rings. The zero-order chi connectivity index (χ0) is 15.3. The number of amides is 1. The van der Waals surface area contributed by atoms with E-state index >= 15 is 0 Å². The van der Waals surface area contributed by atoms with Crippen molar-refractivity contribution in [2.75, 3.05) is 19.8 Å². The van der Waals surface area contributed by atoms with Crippen molar-refractivity contribution in [3.63, 3.8) is 0 Å². The standard InChI is InChI=1S/C14H19N3O4.ClH/c15-10-14(5-7-21-8-6-14)13(18)16-9-11-3-1-2-4-12(11)17(19)20;/h1-4H,5-10,15H2,(H,16,18);1H. The maximum atomic E-state index is 12.4. The van der Waals surface area contributed by atoms with Crippen LogP contribution >= 0.6 is 12.4 Å². The summed E-state index contributed by atoms with van der Waals surface area (Å²) in [4.78, 5) is 22.9. The summed E-state index contributed by atoms with van der Waals surface area (Å²) in [5, 5.41) is 13.7. The molecule has 22 heavy (non-hydrogen) atoms. The lowest BCUT2D eigenvalue weighted by Gasteiger charge is -2.34. The molecule has 1 fully saturated rings. The van der Waals surface area contributed by atoms with Gasteiger partial charge in [0.05, 0.1) is 10.3 Å². The van der Waals surface area contributed by atoms with Crippen LogP contribution < -0.4 is 11.1 Å². The molecule has 1 saturated heterocycles. The van der Waals surface area contributed by atoms with Gasteiger partial charge in [-0.1, -0.05) is 18.2 Å². The largest absolute Gasteiger partial charge is 0.381 e. The lowest BCUT2D eigenvalue weighted by atomic mass is 9.79. The second-order valence-corrected chi connectivity index (χ2v) is 5.17. The average molecular weight is 330 g/mol. The second kappa shape index (κ2) is 8.07. The van der Waals surface area contributed by atoms with Crippen molar-refractivity contribution in [3.05, 3.63) is 39.9 Å². The van der Waals surface area contributed by atoms with Gasteiger partial charge >= 0.3 is 0 Å². The highest BCUT2D eigenvalue weighted by molar-refractivity contribution is 5.85. The van der Waals surface area contributed by atoms with Crippen LogP contribution in [0.4, 0.5) is 5.69 Å². The molecule has 0 spiro atoms. The highest BCUT2D eigenvalue weighted by Gasteiger charge is 2.38. The van der Waals surface area contributed by atoms with Crippen molar-refractivity contribution < 1.29 is 14.5 Å². The Morgan fingerprint density at radius 2 is 2.00 bits per heavy atom. The van der Waals surface area contributed by atoms with Crippen LogP contribution in [0.15, 0.2) is 24.3 Å². The number of nitrogens with zero attached hydrogens (tertiary/aromatic N) is 1. The highest BCUT2D eigenvalue weighted by Crippen LogP contribution is 2.29. The fraction of sp³-hybridized carbons (Fsp3) is 0.500. The van der Waals surface area contributed by atoms with Crippen molar-refractivity contribution in [2.45, 2.75) is 19.4 Å². The zero-order valence-corrected chi connectivity index (χ0v) is 12.9. The van der Waals surface area contributed by atoms with Crippen molar-refractivity contribution in [2.24, 2.45) is 11.1 Å². The molecule has 122 valence electrons. The Morgan fingerprint density at radius 1 is 1.36 bits per heavy atom. The number of nitrogens with two attached hydrogens (primary N) is 1. The van der Waals surface area contributed by atoms with Crippen LogP contribution in [0.5, 0.6) is 0 Å². The predicted molar refractivity (Wildman–Crippen MR) is 83.7 cm³/mol. The summed E-state index contributed by atoms with van der Waals surface area (Å²) in [6, 6.07) is 6.37. The molecule has 0 atom stereocenters. The number of hydrogen-bond donors (Lipinski definition) is 2. The van der Waals surface area contributed by atoms with E-state index in [1.807, 2.05) is 0 Å². The number of nitrogens with one attached hydrogen (secondary N) is 1. The minimum Gasteiger partial charge on any atom is -0.381 e. The predicted octanol–water partition coefficient (Wildman–Crippen LogP) is 1.39. The minimum atomic E-state index is -0.623. The first-order valence-corrected chi connectivity index (χ1v) is 6.87. The van der Waals surface area contributed by atoms with E-state index in [1.54, 1.807) is 18.2 Å². The topological polar surface area (TPSA) is 107 Å². The first-order chi connectivity index (χ1) is 10.1. The van der Waals surface area contributed by atoms with Crippen molar-refractivity contribution in [1.82, 2.24) is 5.32 Å². The van der Waals surface area contributed by atoms with Crippen LogP contribution in [0.2, 0.25) is 0 Å². The SMILES string of the molecule is Cl.NCC1(C(=O)NCc2ccccc2[N+](=O)[O-])CCOCC1. The van der Waals surface area contributed by atoms with E-state index in [4.69, 9.17) is 10.5 Å². The van der Waals surface area contributed by atoms with Crippen molar-refractivity contribution in [1.29, 1.82) is 0 Å². The average Bonchev–Trinajstić information content (AvgIpc) is 2.53. The molecule has 0 radical (unpaired) electrons. The van der Waals surface area contributed by atoms with Crippen LogP contribution in [0.3, 0.4) is 0 Å². The molecule has 1 amide bonds. The molecule has 8 heteroatoms. The van der Waals surface area contributed by atoms with Crippen LogP contribution in [0.1, 0.15) is 18.4 Å². The molecule has 0 bridgehead atoms. The van der Waals surface area contributed by atoms with E-state index in [0.717, 1.165) is 0 Å². The summed E-state index contributed by atoms with van der Waals surface area (Å²) in [5.74, 6) is -0.161. The van der Waals surface area contributed by atoms with E-state index in [2.05, 4.69) is 5.32 Å². The van der Waals surface area contributed by atoms with Gasteiger partial charge in [-0.2, -0.15) is 0 Å². The van der Waals surface area contributed by atoms with Crippen LogP contribution in [0.25, 0.3) is 0 Å². The van der Waals surface area contributed by atoms with Crippen molar-refractivity contribution in [3.8, 4) is 0 Å². The minimum absolute atomic E-state index is 0. The third-order valence-corrected chi connectivity index (χ3v) is 3.95. The van der Waals surface area contributed by atoms with Gasteiger partial charge in [0.25, 0.3) is 5.69 Å². The third-order valence-electron chi connectivity index (χ3n) is 3.95. The zero-order valence-electron chi connectivity index (χ0n) is 12.1. The monoisotopic (exact) mass is 329 g/mol. The number of benzene rings is 1. The number of hydrogen-bond acceptors (Lipinski definition) is 5.